The number of anilines is 1. The zero-order valence-corrected chi connectivity index (χ0v) is 24.9. The van der Waals surface area contributed by atoms with Gasteiger partial charge >= 0.3 is 0 Å². The van der Waals surface area contributed by atoms with Crippen LogP contribution in [0, 0.1) is 17.7 Å². The quantitative estimate of drug-likeness (QED) is 0.186. The Morgan fingerprint density at radius 3 is 2.61 bits per heavy atom. The maximum absolute atomic E-state index is 15.2. The van der Waals surface area contributed by atoms with Crippen LogP contribution in [0.1, 0.15) is 44.0 Å². The van der Waals surface area contributed by atoms with Crippen LogP contribution in [0.15, 0.2) is 83.8 Å². The van der Waals surface area contributed by atoms with Gasteiger partial charge in [0.05, 0.1) is 23.5 Å². The zero-order valence-electron chi connectivity index (χ0n) is 24.9. The summed E-state index contributed by atoms with van der Waals surface area (Å²) in [6.07, 6.45) is 11.6. The summed E-state index contributed by atoms with van der Waals surface area (Å²) in [4.78, 5) is 15.9. The lowest BCUT2D eigenvalue weighted by Gasteiger charge is -2.36. The number of ketones is 1. The number of carbonyl (C=O) groups excluding carboxylic acids is 1. The number of alkyl halides is 1. The molecule has 2 aliphatic heterocycles. The second-order valence-corrected chi connectivity index (χ2v) is 11.6. The van der Waals surface area contributed by atoms with Crippen molar-refractivity contribution in [2.75, 3.05) is 25.5 Å². The fraction of sp³-hybridized carbons (Fsp3) is 0.394. The number of likely N-dealkylation sites (tertiary alicyclic amines) is 1. The molecule has 3 aliphatic rings. The van der Waals surface area contributed by atoms with Crippen LogP contribution in [0.3, 0.4) is 0 Å². The topological polar surface area (TPSA) is 85.4 Å². The van der Waals surface area contributed by atoms with E-state index in [1.165, 1.54) is 30.5 Å². The van der Waals surface area contributed by atoms with Gasteiger partial charge in [0, 0.05) is 18.0 Å². The first-order valence-corrected chi connectivity index (χ1v) is 14.8. The zero-order chi connectivity index (χ0) is 31.5. The molecule has 0 spiro atoms. The summed E-state index contributed by atoms with van der Waals surface area (Å²) < 4.78 is 62.1. The molecule has 7 nitrogen and oxygen atoms in total. The van der Waals surface area contributed by atoms with Gasteiger partial charge in [0.2, 0.25) is 5.78 Å². The molecule has 1 aromatic heterocycles. The van der Waals surface area contributed by atoms with E-state index in [9.17, 15) is 13.6 Å². The minimum absolute atomic E-state index is 0.00756. The molecule has 3 heterocycles. The van der Waals surface area contributed by atoms with E-state index < -0.39 is 30.2 Å². The monoisotopic (exact) mass is 611 g/mol. The Labute approximate surface area is 254 Å². The average Bonchev–Trinajstić information content (AvgIpc) is 3.59. The molecule has 5 rings (SSSR count). The van der Waals surface area contributed by atoms with Crippen LogP contribution < -0.4 is 15.8 Å². The standard InChI is InChI=1S/C33H37F4N5O2/c1-19(2)41-11-9-21(10-12-41)25-13-22-14-30(40-29(22)16-27(25)36)32(43)26-18-39-42(33(26)38)31-8-7-24(15-28(31)37)44-20(3)5-4-6-23(35)17-34/h4-8,13-16,18-22,29,40H,9-12,17,38H2,1-3H3/b5-4-,23-6+. The SMILES string of the molecule is CC(/C=C\C=C(\F)CF)Oc1ccc(-n2ncc(C(=O)C3=CC4C=C(C5CCN(C(C)C)CC5)C(F)=CC4N3)c2N)c(F)c1. The van der Waals surface area contributed by atoms with Gasteiger partial charge in [0.1, 0.15) is 41.7 Å². The predicted octanol–water partition coefficient (Wildman–Crippen LogP) is 6.31. The highest BCUT2D eigenvalue weighted by Gasteiger charge is 2.35. The summed E-state index contributed by atoms with van der Waals surface area (Å²) in [5.41, 5.74) is 7.36. The first-order valence-electron chi connectivity index (χ1n) is 14.8. The molecule has 2 aromatic rings. The Bertz CT molecular complexity index is 1550. The lowest BCUT2D eigenvalue weighted by molar-refractivity contribution is 0.102. The number of piperidine rings is 1. The van der Waals surface area contributed by atoms with E-state index in [0.717, 1.165) is 42.8 Å². The highest BCUT2D eigenvalue weighted by atomic mass is 19.2. The van der Waals surface area contributed by atoms with E-state index in [1.54, 1.807) is 19.1 Å². The number of allylic oxidation sites excluding steroid dienone is 6. The third-order valence-corrected chi connectivity index (χ3v) is 8.32. The van der Waals surface area contributed by atoms with Crippen LogP contribution in [0.4, 0.5) is 23.4 Å². The molecule has 3 atom stereocenters. The van der Waals surface area contributed by atoms with Gasteiger partial charge in [-0.05, 0) is 94.6 Å². The van der Waals surface area contributed by atoms with Gasteiger partial charge < -0.3 is 20.7 Å². The van der Waals surface area contributed by atoms with Crippen molar-refractivity contribution >= 4 is 11.6 Å². The maximum atomic E-state index is 15.2. The number of hydrogen-bond donors (Lipinski definition) is 2. The van der Waals surface area contributed by atoms with Crippen LogP contribution in [0.25, 0.3) is 5.69 Å². The van der Waals surface area contributed by atoms with Gasteiger partial charge in [-0.15, -0.1) is 0 Å². The van der Waals surface area contributed by atoms with Crippen molar-refractivity contribution in [3.63, 3.8) is 0 Å². The molecule has 1 aliphatic carbocycles. The molecule has 0 saturated carbocycles. The number of nitrogen functional groups attached to an aromatic ring is 1. The van der Waals surface area contributed by atoms with E-state index >= 15 is 8.78 Å². The number of Topliss-reactive ketones (excluding diaryl/α,β-unsaturated/α-hetero) is 1. The van der Waals surface area contributed by atoms with Crippen molar-refractivity contribution in [1.29, 1.82) is 0 Å². The number of carbonyl (C=O) groups is 1. The summed E-state index contributed by atoms with van der Waals surface area (Å²) in [5.74, 6) is -2.16. The van der Waals surface area contributed by atoms with E-state index in [4.69, 9.17) is 10.5 Å². The van der Waals surface area contributed by atoms with Crippen LogP contribution in [-0.2, 0) is 0 Å². The summed E-state index contributed by atoms with van der Waals surface area (Å²) >= 11 is 0. The summed E-state index contributed by atoms with van der Waals surface area (Å²) in [6.45, 7) is 6.66. The lowest BCUT2D eigenvalue weighted by atomic mass is 9.82. The summed E-state index contributed by atoms with van der Waals surface area (Å²) in [6, 6.07) is 4.14. The molecule has 1 aromatic carbocycles. The first-order chi connectivity index (χ1) is 21.0. The molecule has 1 fully saturated rings. The smallest absolute Gasteiger partial charge is 0.213 e. The van der Waals surface area contributed by atoms with Gasteiger partial charge in [-0.3, -0.25) is 4.79 Å². The Morgan fingerprint density at radius 2 is 1.93 bits per heavy atom. The van der Waals surface area contributed by atoms with Crippen molar-refractivity contribution in [1.82, 2.24) is 20.0 Å². The van der Waals surface area contributed by atoms with Crippen molar-refractivity contribution < 1.29 is 27.1 Å². The third-order valence-electron chi connectivity index (χ3n) is 8.32. The van der Waals surface area contributed by atoms with E-state index in [-0.39, 0.29) is 52.2 Å². The molecule has 1 saturated heterocycles. The Kier molecular flexibility index (Phi) is 9.43. The highest BCUT2D eigenvalue weighted by molar-refractivity contribution is 6.11. The van der Waals surface area contributed by atoms with E-state index in [0.29, 0.717) is 11.6 Å². The van der Waals surface area contributed by atoms with Crippen molar-refractivity contribution in [3.8, 4) is 11.4 Å². The fourth-order valence-electron chi connectivity index (χ4n) is 5.88. The lowest BCUT2D eigenvalue weighted by Crippen LogP contribution is -2.39. The number of nitrogens with zero attached hydrogens (tertiary/aromatic N) is 3. The normalized spacial score (nSPS) is 22.0. The molecule has 234 valence electrons. The molecule has 0 amide bonds. The first kappa shape index (κ1) is 31.3. The Hall–Kier alpha value is -4.12. The average molecular weight is 612 g/mol. The fourth-order valence-corrected chi connectivity index (χ4v) is 5.88. The Morgan fingerprint density at radius 1 is 1.18 bits per heavy atom. The molecule has 44 heavy (non-hydrogen) atoms. The molecule has 3 unspecified atom stereocenters. The van der Waals surface area contributed by atoms with Crippen molar-refractivity contribution in [2.24, 2.45) is 11.8 Å². The predicted molar refractivity (Wildman–Crippen MR) is 162 cm³/mol. The number of aromatic nitrogens is 2. The number of nitrogens with two attached hydrogens (primary N) is 1. The molecule has 0 bridgehead atoms. The second-order valence-electron chi connectivity index (χ2n) is 11.6. The molecule has 0 radical (unpaired) electrons. The van der Waals surface area contributed by atoms with Gasteiger partial charge in [-0.2, -0.15) is 5.10 Å². The van der Waals surface area contributed by atoms with Crippen molar-refractivity contribution in [2.45, 2.75) is 51.8 Å². The van der Waals surface area contributed by atoms with Crippen LogP contribution >= 0.6 is 0 Å². The van der Waals surface area contributed by atoms with E-state index in [2.05, 4.69) is 29.2 Å². The van der Waals surface area contributed by atoms with Gasteiger partial charge in [-0.1, -0.05) is 12.2 Å². The molecule has 11 heteroatoms. The summed E-state index contributed by atoms with van der Waals surface area (Å²) in [7, 11) is 0. The molecular formula is C33H37F4N5O2. The number of nitrogens with one attached hydrogen (secondary N) is 1. The number of fused-ring (bicyclic) bond motifs is 1. The number of ether oxygens (including phenoxy) is 1. The van der Waals surface area contributed by atoms with Crippen LogP contribution in [0.5, 0.6) is 5.75 Å². The summed E-state index contributed by atoms with van der Waals surface area (Å²) in [5, 5.41) is 7.27. The molecule has 3 N–H and O–H groups in total. The van der Waals surface area contributed by atoms with Gasteiger partial charge in [-0.25, -0.2) is 22.2 Å². The number of rotatable bonds is 10. The maximum Gasteiger partial charge on any atom is 0.213 e. The van der Waals surface area contributed by atoms with Gasteiger partial charge in [0.15, 0.2) is 5.82 Å². The van der Waals surface area contributed by atoms with Gasteiger partial charge in [0.25, 0.3) is 0 Å². The van der Waals surface area contributed by atoms with Crippen molar-refractivity contribution in [3.05, 3.63) is 95.2 Å². The number of hydrogen-bond acceptors (Lipinski definition) is 6. The second kappa shape index (κ2) is 13.3. The number of benzene rings is 1. The van der Waals surface area contributed by atoms with E-state index in [1.807, 2.05) is 6.08 Å². The molecular weight excluding hydrogens is 574 g/mol. The number of halogens is 4. The van der Waals surface area contributed by atoms with Crippen LogP contribution in [-0.4, -0.2) is 58.4 Å². The third kappa shape index (κ3) is 6.67. The Balaban J connectivity index is 1.27. The minimum atomic E-state index is -1.20. The highest BCUT2D eigenvalue weighted by Crippen LogP contribution is 2.38. The minimum Gasteiger partial charge on any atom is -0.487 e. The largest absolute Gasteiger partial charge is 0.487 e. The van der Waals surface area contributed by atoms with Crippen LogP contribution in [0.2, 0.25) is 0 Å².